The molecule has 0 unspecified atom stereocenters. The summed E-state index contributed by atoms with van der Waals surface area (Å²) < 4.78 is 15.7. The third-order valence-electron chi connectivity index (χ3n) is 4.84. The van der Waals surface area contributed by atoms with Crippen LogP contribution in [0.3, 0.4) is 0 Å². The van der Waals surface area contributed by atoms with E-state index >= 15 is 0 Å². The Kier molecular flexibility index (Phi) is 5.10. The van der Waals surface area contributed by atoms with Crippen molar-refractivity contribution in [2.45, 2.75) is 19.4 Å². The van der Waals surface area contributed by atoms with E-state index in [1.165, 1.54) is 12.1 Å². The van der Waals surface area contributed by atoms with Gasteiger partial charge in [0.1, 0.15) is 11.5 Å². The number of pyridine rings is 1. The minimum atomic E-state index is -0.497. The van der Waals surface area contributed by atoms with Crippen molar-refractivity contribution in [2.75, 3.05) is 6.61 Å². The van der Waals surface area contributed by atoms with E-state index in [0.29, 0.717) is 17.1 Å². The van der Waals surface area contributed by atoms with Gasteiger partial charge in [-0.05, 0) is 29.3 Å². The van der Waals surface area contributed by atoms with Crippen LogP contribution < -0.4 is 0 Å². The Bertz CT molecular complexity index is 1150. The summed E-state index contributed by atoms with van der Waals surface area (Å²) in [5, 5.41) is 14.6. The molecule has 144 valence electrons. The first-order valence-electron chi connectivity index (χ1n) is 8.73. The predicted molar refractivity (Wildman–Crippen MR) is 108 cm³/mol. The monoisotopic (exact) mass is 418 g/mol. The van der Waals surface area contributed by atoms with Gasteiger partial charge in [-0.2, -0.15) is 5.10 Å². The molecule has 0 saturated carbocycles. The summed E-state index contributed by atoms with van der Waals surface area (Å²) in [7, 11) is 0. The zero-order valence-electron chi connectivity index (χ0n) is 15.0. The normalized spacial score (nSPS) is 12.6. The average Bonchev–Trinajstić information content (AvgIpc) is 3.31. The maximum Gasteiger partial charge on any atom is 0.142 e. The highest BCUT2D eigenvalue weighted by Gasteiger charge is 2.21. The number of aromatic nitrogens is 4. The van der Waals surface area contributed by atoms with Crippen LogP contribution in [0.4, 0.5) is 4.39 Å². The van der Waals surface area contributed by atoms with Gasteiger partial charge in [-0.1, -0.05) is 30.1 Å². The Labute approximate surface area is 170 Å². The standard InChI is InChI=1S/C20H17Cl2FN4O/c1-11(18-16(21)2-3-17(23)19(18)22)15-9-25-20-14(15)6-12(7-24-20)13-8-26-27(10-13)4-5-28/h2-3,6-11,28H,4-5H2,1H3,(H,24,25)/t11-/m1/s1. The first-order valence-corrected chi connectivity index (χ1v) is 9.49. The highest BCUT2D eigenvalue weighted by atomic mass is 35.5. The second-order valence-corrected chi connectivity index (χ2v) is 7.34. The third-order valence-corrected chi connectivity index (χ3v) is 5.55. The van der Waals surface area contributed by atoms with Crippen LogP contribution in [0, 0.1) is 5.82 Å². The molecule has 3 aromatic heterocycles. The van der Waals surface area contributed by atoms with Gasteiger partial charge in [0.25, 0.3) is 0 Å². The van der Waals surface area contributed by atoms with Crippen molar-refractivity contribution < 1.29 is 9.50 Å². The maximum atomic E-state index is 14.0. The van der Waals surface area contributed by atoms with Crippen LogP contribution in [0.5, 0.6) is 0 Å². The molecule has 0 aliphatic heterocycles. The second kappa shape index (κ2) is 7.54. The van der Waals surface area contributed by atoms with Gasteiger partial charge in [-0.3, -0.25) is 4.68 Å². The molecule has 1 atom stereocenters. The number of nitrogens with one attached hydrogen (secondary N) is 1. The van der Waals surface area contributed by atoms with Gasteiger partial charge in [0.15, 0.2) is 0 Å². The Hall–Kier alpha value is -2.41. The number of hydrogen-bond donors (Lipinski definition) is 2. The van der Waals surface area contributed by atoms with Gasteiger partial charge in [-0.15, -0.1) is 0 Å². The zero-order valence-corrected chi connectivity index (χ0v) is 16.5. The molecule has 0 aliphatic rings. The van der Waals surface area contributed by atoms with Crippen molar-refractivity contribution in [1.82, 2.24) is 19.7 Å². The number of rotatable bonds is 5. The number of H-pyrrole nitrogens is 1. The molecule has 4 aromatic rings. The van der Waals surface area contributed by atoms with Crippen LogP contribution in [0.1, 0.15) is 24.0 Å². The van der Waals surface area contributed by atoms with Crippen LogP contribution in [0.2, 0.25) is 10.0 Å². The molecule has 0 bridgehead atoms. The average molecular weight is 419 g/mol. The van der Waals surface area contributed by atoms with Crippen LogP contribution in [0.15, 0.2) is 43.0 Å². The quantitative estimate of drug-likeness (QED) is 0.447. The largest absolute Gasteiger partial charge is 0.394 e. The second-order valence-electron chi connectivity index (χ2n) is 6.56. The fourth-order valence-electron chi connectivity index (χ4n) is 3.37. The predicted octanol–water partition coefficient (Wildman–Crippen LogP) is 5.02. The molecule has 0 spiro atoms. The van der Waals surface area contributed by atoms with E-state index in [0.717, 1.165) is 27.7 Å². The minimum Gasteiger partial charge on any atom is -0.394 e. The number of nitrogens with zero attached hydrogens (tertiary/aromatic N) is 3. The number of aliphatic hydroxyl groups excluding tert-OH is 1. The lowest BCUT2D eigenvalue weighted by molar-refractivity contribution is 0.269. The summed E-state index contributed by atoms with van der Waals surface area (Å²) >= 11 is 12.5. The molecule has 4 rings (SSSR count). The van der Waals surface area contributed by atoms with Gasteiger partial charge in [0.2, 0.25) is 0 Å². The lowest BCUT2D eigenvalue weighted by atomic mass is 9.92. The molecular formula is C20H17Cl2FN4O. The molecule has 1 aromatic carbocycles. The van der Waals surface area contributed by atoms with Gasteiger partial charge in [0, 0.05) is 46.0 Å². The van der Waals surface area contributed by atoms with Crippen molar-refractivity contribution in [3.8, 4) is 11.1 Å². The minimum absolute atomic E-state index is 0.0209. The van der Waals surface area contributed by atoms with Crippen LogP contribution in [-0.2, 0) is 6.54 Å². The number of benzene rings is 1. The molecule has 0 saturated heterocycles. The smallest absolute Gasteiger partial charge is 0.142 e. The van der Waals surface area contributed by atoms with Crippen LogP contribution >= 0.6 is 23.2 Å². The van der Waals surface area contributed by atoms with E-state index in [1.54, 1.807) is 17.1 Å². The molecule has 5 nitrogen and oxygen atoms in total. The maximum absolute atomic E-state index is 14.0. The summed E-state index contributed by atoms with van der Waals surface area (Å²) in [5.74, 6) is -0.735. The first kappa shape index (κ1) is 18.9. The molecule has 3 heterocycles. The third kappa shape index (κ3) is 3.28. The Balaban J connectivity index is 1.79. The molecule has 0 radical (unpaired) electrons. The number of aliphatic hydroxyl groups is 1. The molecule has 0 fully saturated rings. The van der Waals surface area contributed by atoms with Gasteiger partial charge in [0.05, 0.1) is 24.4 Å². The van der Waals surface area contributed by atoms with E-state index in [-0.39, 0.29) is 17.5 Å². The van der Waals surface area contributed by atoms with E-state index in [4.69, 9.17) is 28.3 Å². The summed E-state index contributed by atoms with van der Waals surface area (Å²) in [5.41, 5.74) is 3.97. The van der Waals surface area contributed by atoms with E-state index in [9.17, 15) is 4.39 Å². The van der Waals surface area contributed by atoms with Gasteiger partial charge < -0.3 is 10.1 Å². The summed E-state index contributed by atoms with van der Waals surface area (Å²) in [4.78, 5) is 7.64. The summed E-state index contributed by atoms with van der Waals surface area (Å²) in [6, 6.07) is 4.79. The van der Waals surface area contributed by atoms with E-state index < -0.39 is 5.82 Å². The van der Waals surface area contributed by atoms with Gasteiger partial charge in [-0.25, -0.2) is 9.37 Å². The van der Waals surface area contributed by atoms with Crippen molar-refractivity contribution in [3.05, 3.63) is 70.0 Å². The number of aromatic amines is 1. The SMILES string of the molecule is C[C@@H](c1c(Cl)ccc(F)c1Cl)c1c[nH]c2ncc(-c3cnn(CCO)c3)cc12. The van der Waals surface area contributed by atoms with Crippen molar-refractivity contribution >= 4 is 34.2 Å². The van der Waals surface area contributed by atoms with Crippen molar-refractivity contribution in [2.24, 2.45) is 0 Å². The lowest BCUT2D eigenvalue weighted by Crippen LogP contribution is -2.01. The first-order chi connectivity index (χ1) is 13.5. The van der Waals surface area contributed by atoms with E-state index in [1.807, 2.05) is 25.4 Å². The molecule has 0 aliphatic carbocycles. The number of halogens is 3. The zero-order chi connectivity index (χ0) is 19.8. The highest BCUT2D eigenvalue weighted by Crippen LogP contribution is 2.39. The molecular weight excluding hydrogens is 402 g/mol. The Morgan fingerprint density at radius 3 is 2.86 bits per heavy atom. The lowest BCUT2D eigenvalue weighted by Gasteiger charge is -2.15. The molecule has 0 amide bonds. The number of fused-ring (bicyclic) bond motifs is 1. The fourth-order valence-corrected chi connectivity index (χ4v) is 4.07. The van der Waals surface area contributed by atoms with Crippen LogP contribution in [0.25, 0.3) is 22.2 Å². The molecule has 8 heteroatoms. The summed E-state index contributed by atoms with van der Waals surface area (Å²) in [6.45, 7) is 2.38. The fraction of sp³-hybridized carbons (Fsp3) is 0.200. The van der Waals surface area contributed by atoms with Crippen LogP contribution in [-0.4, -0.2) is 31.5 Å². The Morgan fingerprint density at radius 1 is 1.25 bits per heavy atom. The Morgan fingerprint density at radius 2 is 2.07 bits per heavy atom. The van der Waals surface area contributed by atoms with E-state index in [2.05, 4.69) is 15.1 Å². The van der Waals surface area contributed by atoms with Crippen molar-refractivity contribution in [3.63, 3.8) is 0 Å². The topological polar surface area (TPSA) is 66.7 Å². The molecule has 28 heavy (non-hydrogen) atoms. The van der Waals surface area contributed by atoms with Gasteiger partial charge >= 0.3 is 0 Å². The summed E-state index contributed by atoms with van der Waals surface area (Å²) in [6.07, 6.45) is 7.19. The van der Waals surface area contributed by atoms with Crippen molar-refractivity contribution in [1.29, 1.82) is 0 Å². The highest BCUT2D eigenvalue weighted by molar-refractivity contribution is 6.36. The number of hydrogen-bond acceptors (Lipinski definition) is 3. The molecule has 2 N–H and O–H groups in total.